The van der Waals surface area contributed by atoms with Gasteiger partial charge in [-0.25, -0.2) is 0 Å². The lowest BCUT2D eigenvalue weighted by molar-refractivity contribution is -0.0178. The normalized spacial score (nSPS) is 17.0. The lowest BCUT2D eigenvalue weighted by atomic mass is 10.0. The van der Waals surface area contributed by atoms with E-state index in [-0.39, 0.29) is 5.60 Å². The number of benzene rings is 1. The van der Waals surface area contributed by atoms with Gasteiger partial charge in [-0.1, -0.05) is 22.9 Å². The molecule has 112 valence electrons. The van der Waals surface area contributed by atoms with Crippen LogP contribution in [0.25, 0.3) is 0 Å². The zero-order chi connectivity index (χ0) is 14.7. The van der Waals surface area contributed by atoms with Gasteiger partial charge in [-0.05, 0) is 44.7 Å². The molecule has 1 aromatic heterocycles. The number of ether oxygens (including phenoxy) is 1. The second-order valence-corrected chi connectivity index (χ2v) is 5.64. The van der Waals surface area contributed by atoms with Crippen molar-refractivity contribution in [3.63, 3.8) is 0 Å². The largest absolute Gasteiger partial charge is 0.376 e. The van der Waals surface area contributed by atoms with Crippen molar-refractivity contribution in [2.45, 2.75) is 44.8 Å². The summed E-state index contributed by atoms with van der Waals surface area (Å²) in [6.07, 6.45) is 4.24. The average Bonchev–Trinajstić information content (AvgIpc) is 3.16. The number of methoxy groups -OCH3 is 1. The van der Waals surface area contributed by atoms with Crippen molar-refractivity contribution in [3.05, 3.63) is 41.5 Å². The van der Waals surface area contributed by atoms with Gasteiger partial charge in [0.1, 0.15) is 5.60 Å². The summed E-state index contributed by atoms with van der Waals surface area (Å²) in [5.74, 6) is 1.28. The van der Waals surface area contributed by atoms with Gasteiger partial charge in [-0.15, -0.1) is 0 Å². The molecule has 3 rings (SSSR count). The number of aromatic nitrogens is 2. The van der Waals surface area contributed by atoms with Crippen LogP contribution in [0.1, 0.15) is 43.0 Å². The fourth-order valence-electron chi connectivity index (χ4n) is 2.83. The third-order valence-corrected chi connectivity index (χ3v) is 4.17. The van der Waals surface area contributed by atoms with E-state index in [9.17, 15) is 0 Å². The van der Waals surface area contributed by atoms with Crippen molar-refractivity contribution < 1.29 is 9.26 Å². The second-order valence-electron chi connectivity index (χ2n) is 5.64. The van der Waals surface area contributed by atoms with Gasteiger partial charge in [-0.3, -0.25) is 0 Å². The molecule has 0 radical (unpaired) electrons. The van der Waals surface area contributed by atoms with Gasteiger partial charge in [0.25, 0.3) is 0 Å². The molecule has 0 spiro atoms. The molecule has 0 atom stereocenters. The minimum absolute atomic E-state index is 0.342. The second kappa shape index (κ2) is 5.85. The standard InChI is InChI=1S/C16H21N3O2/c1-12-5-7-13(8-6-12)17-11-14-18-15(19-21-14)16(20-2)9-3-4-10-16/h5-8,17H,3-4,9-11H2,1-2H3. The van der Waals surface area contributed by atoms with Crippen LogP contribution in [0.5, 0.6) is 0 Å². The quantitative estimate of drug-likeness (QED) is 0.913. The molecular weight excluding hydrogens is 266 g/mol. The van der Waals surface area contributed by atoms with Crippen LogP contribution >= 0.6 is 0 Å². The average molecular weight is 287 g/mol. The summed E-state index contributed by atoms with van der Waals surface area (Å²) in [6, 6.07) is 8.22. The monoisotopic (exact) mass is 287 g/mol. The van der Waals surface area contributed by atoms with Crippen molar-refractivity contribution in [1.29, 1.82) is 0 Å². The first-order chi connectivity index (χ1) is 10.2. The Bertz CT molecular complexity index is 586. The molecule has 21 heavy (non-hydrogen) atoms. The van der Waals surface area contributed by atoms with Crippen molar-refractivity contribution in [3.8, 4) is 0 Å². The summed E-state index contributed by atoms with van der Waals surface area (Å²) in [6.45, 7) is 2.59. The first kappa shape index (κ1) is 14.1. The highest BCUT2D eigenvalue weighted by Gasteiger charge is 2.40. The number of nitrogens with zero attached hydrogens (tertiary/aromatic N) is 2. The predicted molar refractivity (Wildman–Crippen MR) is 80.0 cm³/mol. The number of aryl methyl sites for hydroxylation is 1. The molecule has 0 aliphatic heterocycles. The maximum Gasteiger partial charge on any atom is 0.246 e. The van der Waals surface area contributed by atoms with Crippen LogP contribution in [0.4, 0.5) is 5.69 Å². The molecule has 2 aromatic rings. The van der Waals surface area contributed by atoms with Crippen LogP contribution in [-0.4, -0.2) is 17.3 Å². The number of hydrogen-bond donors (Lipinski definition) is 1. The molecule has 1 saturated carbocycles. The molecule has 1 aromatic carbocycles. The number of rotatable bonds is 5. The van der Waals surface area contributed by atoms with E-state index in [2.05, 4.69) is 34.5 Å². The topological polar surface area (TPSA) is 60.2 Å². The van der Waals surface area contributed by atoms with Gasteiger partial charge in [0.05, 0.1) is 6.54 Å². The minimum Gasteiger partial charge on any atom is -0.376 e. The molecule has 1 N–H and O–H groups in total. The van der Waals surface area contributed by atoms with Crippen LogP contribution in [0.15, 0.2) is 28.8 Å². The van der Waals surface area contributed by atoms with Gasteiger partial charge in [-0.2, -0.15) is 4.98 Å². The summed E-state index contributed by atoms with van der Waals surface area (Å²) >= 11 is 0. The van der Waals surface area contributed by atoms with Gasteiger partial charge in [0.15, 0.2) is 0 Å². The van der Waals surface area contributed by atoms with E-state index in [1.807, 2.05) is 12.1 Å². The predicted octanol–water partition coefficient (Wildman–Crippen LogP) is 3.41. The lowest BCUT2D eigenvalue weighted by Gasteiger charge is -2.22. The van der Waals surface area contributed by atoms with Crippen molar-refractivity contribution in [1.82, 2.24) is 10.1 Å². The summed E-state index contributed by atoms with van der Waals surface area (Å²) in [5, 5.41) is 7.40. The third kappa shape index (κ3) is 2.93. The Morgan fingerprint density at radius 1 is 1.24 bits per heavy atom. The van der Waals surface area contributed by atoms with Gasteiger partial charge < -0.3 is 14.6 Å². The highest BCUT2D eigenvalue weighted by Crippen LogP contribution is 2.40. The van der Waals surface area contributed by atoms with E-state index >= 15 is 0 Å². The molecule has 5 heteroatoms. The Hall–Kier alpha value is -1.88. The molecule has 1 fully saturated rings. The lowest BCUT2D eigenvalue weighted by Crippen LogP contribution is -2.26. The Labute approximate surface area is 124 Å². The fourth-order valence-corrected chi connectivity index (χ4v) is 2.83. The molecule has 1 aliphatic carbocycles. The highest BCUT2D eigenvalue weighted by molar-refractivity contribution is 5.44. The maximum atomic E-state index is 5.67. The summed E-state index contributed by atoms with van der Waals surface area (Å²) in [5.41, 5.74) is 1.94. The number of anilines is 1. The first-order valence-electron chi connectivity index (χ1n) is 7.41. The molecule has 0 saturated heterocycles. The zero-order valence-corrected chi connectivity index (χ0v) is 12.6. The van der Waals surface area contributed by atoms with E-state index in [0.29, 0.717) is 18.3 Å². The highest BCUT2D eigenvalue weighted by atomic mass is 16.5. The summed E-state index contributed by atoms with van der Waals surface area (Å²) in [4.78, 5) is 4.50. The van der Waals surface area contributed by atoms with Gasteiger partial charge in [0.2, 0.25) is 11.7 Å². The molecule has 1 heterocycles. The van der Waals surface area contributed by atoms with Crippen LogP contribution < -0.4 is 5.32 Å². The van der Waals surface area contributed by atoms with Crippen LogP contribution in [0, 0.1) is 6.92 Å². The Morgan fingerprint density at radius 3 is 2.62 bits per heavy atom. The Morgan fingerprint density at radius 2 is 1.95 bits per heavy atom. The van der Waals surface area contributed by atoms with Crippen molar-refractivity contribution in [2.75, 3.05) is 12.4 Å². The van der Waals surface area contributed by atoms with Crippen LogP contribution in [0.3, 0.4) is 0 Å². The van der Waals surface area contributed by atoms with Crippen LogP contribution in [0.2, 0.25) is 0 Å². The van der Waals surface area contributed by atoms with Crippen molar-refractivity contribution >= 4 is 5.69 Å². The smallest absolute Gasteiger partial charge is 0.246 e. The molecular formula is C16H21N3O2. The molecule has 0 unspecified atom stereocenters. The summed E-state index contributed by atoms with van der Waals surface area (Å²) < 4.78 is 11.0. The van der Waals surface area contributed by atoms with E-state index in [1.54, 1.807) is 7.11 Å². The first-order valence-corrected chi connectivity index (χ1v) is 7.41. The molecule has 0 amide bonds. The maximum absolute atomic E-state index is 5.67. The van der Waals surface area contributed by atoms with E-state index in [4.69, 9.17) is 9.26 Å². The zero-order valence-electron chi connectivity index (χ0n) is 12.6. The Balaban J connectivity index is 1.66. The minimum atomic E-state index is -0.342. The van der Waals surface area contributed by atoms with Gasteiger partial charge >= 0.3 is 0 Å². The number of hydrogen-bond acceptors (Lipinski definition) is 5. The van der Waals surface area contributed by atoms with E-state index < -0.39 is 0 Å². The molecule has 0 bridgehead atoms. The van der Waals surface area contributed by atoms with Crippen LogP contribution in [-0.2, 0) is 16.9 Å². The van der Waals surface area contributed by atoms with Gasteiger partial charge in [0, 0.05) is 12.8 Å². The number of nitrogens with one attached hydrogen (secondary N) is 1. The molecule has 5 nitrogen and oxygen atoms in total. The Kier molecular flexibility index (Phi) is 3.92. The SMILES string of the molecule is COC1(c2noc(CNc3ccc(C)cc3)n2)CCCC1. The van der Waals surface area contributed by atoms with E-state index in [1.165, 1.54) is 5.56 Å². The fraction of sp³-hybridized carbons (Fsp3) is 0.500. The van der Waals surface area contributed by atoms with E-state index in [0.717, 1.165) is 31.4 Å². The molecule has 1 aliphatic rings. The summed E-state index contributed by atoms with van der Waals surface area (Å²) in [7, 11) is 1.73. The third-order valence-electron chi connectivity index (χ3n) is 4.17. The van der Waals surface area contributed by atoms with Crippen molar-refractivity contribution in [2.24, 2.45) is 0 Å².